The van der Waals surface area contributed by atoms with Gasteiger partial charge in [-0.3, -0.25) is 4.98 Å². The Morgan fingerprint density at radius 1 is 1.50 bits per heavy atom. The monoisotopic (exact) mass is 211 g/mol. The molecule has 1 aliphatic carbocycles. The molecule has 1 saturated carbocycles. The second kappa shape index (κ2) is 4.13. The van der Waals surface area contributed by atoms with Gasteiger partial charge in [-0.25, -0.2) is 4.98 Å². The molecule has 76 valence electrons. The Hall–Kier alpha value is -0.830. The first-order chi connectivity index (χ1) is 6.75. The zero-order chi connectivity index (χ0) is 9.97. The van der Waals surface area contributed by atoms with Crippen molar-refractivity contribution < 1.29 is 0 Å². The molecule has 2 rings (SSSR count). The molecule has 1 aromatic heterocycles. The lowest BCUT2D eigenvalue weighted by molar-refractivity contribution is 0.705. The Labute approximate surface area is 89.1 Å². The van der Waals surface area contributed by atoms with Crippen LogP contribution in [0.1, 0.15) is 19.3 Å². The maximum absolute atomic E-state index is 5.76. The van der Waals surface area contributed by atoms with E-state index in [1.807, 2.05) is 7.05 Å². The summed E-state index contributed by atoms with van der Waals surface area (Å²) in [5, 5.41) is 0.459. The van der Waals surface area contributed by atoms with Gasteiger partial charge < -0.3 is 4.90 Å². The van der Waals surface area contributed by atoms with Gasteiger partial charge in [0, 0.05) is 13.6 Å². The number of halogens is 1. The second-order valence-electron chi connectivity index (χ2n) is 3.85. The summed E-state index contributed by atoms with van der Waals surface area (Å²) in [5.74, 6) is 1.81. The molecule has 0 N–H and O–H groups in total. The summed E-state index contributed by atoms with van der Waals surface area (Å²) in [4.78, 5) is 10.3. The van der Waals surface area contributed by atoms with E-state index in [4.69, 9.17) is 11.6 Å². The largest absolute Gasteiger partial charge is 0.358 e. The van der Waals surface area contributed by atoms with E-state index < -0.39 is 0 Å². The molecule has 14 heavy (non-hydrogen) atoms. The van der Waals surface area contributed by atoms with Crippen LogP contribution in [0.2, 0.25) is 5.15 Å². The topological polar surface area (TPSA) is 29.0 Å². The Balaban J connectivity index is 1.91. The fraction of sp³-hybridized carbons (Fsp3) is 0.600. The average molecular weight is 212 g/mol. The van der Waals surface area contributed by atoms with E-state index in [2.05, 4.69) is 14.9 Å². The molecular weight excluding hydrogens is 198 g/mol. The SMILES string of the molecule is CN(CCC1CC1)c1cncc(Cl)n1. The van der Waals surface area contributed by atoms with Gasteiger partial charge in [0.05, 0.1) is 12.4 Å². The fourth-order valence-electron chi connectivity index (χ4n) is 1.41. The summed E-state index contributed by atoms with van der Waals surface area (Å²) in [7, 11) is 2.03. The van der Waals surface area contributed by atoms with Crippen LogP contribution in [0.4, 0.5) is 5.82 Å². The quantitative estimate of drug-likeness (QED) is 0.766. The van der Waals surface area contributed by atoms with Crippen LogP contribution in [-0.4, -0.2) is 23.6 Å². The highest BCUT2D eigenvalue weighted by molar-refractivity contribution is 6.29. The van der Waals surface area contributed by atoms with Gasteiger partial charge in [0.2, 0.25) is 0 Å². The van der Waals surface area contributed by atoms with Crippen LogP contribution < -0.4 is 4.90 Å². The van der Waals surface area contributed by atoms with Crippen LogP contribution >= 0.6 is 11.6 Å². The van der Waals surface area contributed by atoms with Crippen molar-refractivity contribution in [2.24, 2.45) is 5.92 Å². The van der Waals surface area contributed by atoms with Gasteiger partial charge in [0.25, 0.3) is 0 Å². The molecule has 0 unspecified atom stereocenters. The van der Waals surface area contributed by atoms with Crippen LogP contribution in [0.5, 0.6) is 0 Å². The fourth-order valence-corrected chi connectivity index (χ4v) is 1.56. The highest BCUT2D eigenvalue weighted by Crippen LogP contribution is 2.32. The predicted molar refractivity (Wildman–Crippen MR) is 57.7 cm³/mol. The lowest BCUT2D eigenvalue weighted by Gasteiger charge is -2.17. The number of anilines is 1. The molecule has 0 spiro atoms. The minimum absolute atomic E-state index is 0.459. The first kappa shape index (κ1) is 9.71. The lowest BCUT2D eigenvalue weighted by atomic mass is 10.3. The average Bonchev–Trinajstić information content (AvgIpc) is 2.97. The van der Waals surface area contributed by atoms with Crippen molar-refractivity contribution in [2.45, 2.75) is 19.3 Å². The van der Waals surface area contributed by atoms with Gasteiger partial charge >= 0.3 is 0 Å². The molecule has 0 radical (unpaired) electrons. The Morgan fingerprint density at radius 3 is 2.93 bits per heavy atom. The van der Waals surface area contributed by atoms with E-state index in [0.717, 1.165) is 18.3 Å². The maximum atomic E-state index is 5.76. The summed E-state index contributed by atoms with van der Waals surface area (Å²) in [6.07, 6.45) is 7.35. The molecular formula is C10H14ClN3. The summed E-state index contributed by atoms with van der Waals surface area (Å²) in [6.45, 7) is 1.04. The summed E-state index contributed by atoms with van der Waals surface area (Å²) < 4.78 is 0. The molecule has 1 aliphatic rings. The number of rotatable bonds is 4. The van der Waals surface area contributed by atoms with Gasteiger partial charge in [-0.1, -0.05) is 24.4 Å². The number of aromatic nitrogens is 2. The van der Waals surface area contributed by atoms with Crippen LogP contribution in [0.25, 0.3) is 0 Å². The van der Waals surface area contributed by atoms with Crippen molar-refractivity contribution in [3.05, 3.63) is 17.5 Å². The Bertz CT molecular complexity index is 312. The summed E-state index contributed by atoms with van der Waals surface area (Å²) in [6, 6.07) is 0. The third kappa shape index (κ3) is 2.58. The molecule has 0 amide bonds. The summed E-state index contributed by atoms with van der Waals surface area (Å²) in [5.41, 5.74) is 0. The molecule has 0 atom stereocenters. The van der Waals surface area contributed by atoms with Gasteiger partial charge in [-0.05, 0) is 12.3 Å². The zero-order valence-corrected chi connectivity index (χ0v) is 9.04. The third-order valence-corrected chi connectivity index (χ3v) is 2.74. The van der Waals surface area contributed by atoms with Crippen molar-refractivity contribution in [3.8, 4) is 0 Å². The van der Waals surface area contributed by atoms with Crippen molar-refractivity contribution in [1.29, 1.82) is 0 Å². The van der Waals surface area contributed by atoms with Crippen molar-refractivity contribution >= 4 is 17.4 Å². The standard InChI is InChI=1S/C10H14ClN3/c1-14(5-4-8-2-3-8)10-7-12-6-9(11)13-10/h6-8H,2-5H2,1H3. The molecule has 4 heteroatoms. The van der Waals surface area contributed by atoms with Crippen LogP contribution in [0.15, 0.2) is 12.4 Å². The van der Waals surface area contributed by atoms with E-state index in [0.29, 0.717) is 5.15 Å². The molecule has 1 fully saturated rings. The van der Waals surface area contributed by atoms with E-state index in [-0.39, 0.29) is 0 Å². The normalized spacial score (nSPS) is 15.6. The van der Waals surface area contributed by atoms with Gasteiger partial charge in [0.1, 0.15) is 11.0 Å². The smallest absolute Gasteiger partial charge is 0.149 e. The van der Waals surface area contributed by atoms with Crippen molar-refractivity contribution in [2.75, 3.05) is 18.5 Å². The Morgan fingerprint density at radius 2 is 2.29 bits per heavy atom. The van der Waals surface area contributed by atoms with E-state index >= 15 is 0 Å². The highest BCUT2D eigenvalue weighted by Gasteiger charge is 2.21. The number of hydrogen-bond donors (Lipinski definition) is 0. The van der Waals surface area contributed by atoms with Gasteiger partial charge in [0.15, 0.2) is 0 Å². The van der Waals surface area contributed by atoms with Crippen LogP contribution in [-0.2, 0) is 0 Å². The molecule has 0 saturated heterocycles. The molecule has 3 nitrogen and oxygen atoms in total. The van der Waals surface area contributed by atoms with Gasteiger partial charge in [-0.15, -0.1) is 0 Å². The highest BCUT2D eigenvalue weighted by atomic mass is 35.5. The van der Waals surface area contributed by atoms with Crippen LogP contribution in [0, 0.1) is 5.92 Å². The first-order valence-corrected chi connectivity index (χ1v) is 5.32. The molecule has 0 bridgehead atoms. The zero-order valence-electron chi connectivity index (χ0n) is 8.28. The van der Waals surface area contributed by atoms with E-state index in [9.17, 15) is 0 Å². The molecule has 0 aromatic carbocycles. The van der Waals surface area contributed by atoms with Crippen LogP contribution in [0.3, 0.4) is 0 Å². The molecule has 0 aliphatic heterocycles. The molecule has 1 heterocycles. The molecule has 1 aromatic rings. The third-order valence-electron chi connectivity index (χ3n) is 2.55. The predicted octanol–water partition coefficient (Wildman–Crippen LogP) is 2.37. The summed E-state index contributed by atoms with van der Waals surface area (Å²) >= 11 is 5.76. The lowest BCUT2D eigenvalue weighted by Crippen LogP contribution is -2.20. The minimum Gasteiger partial charge on any atom is -0.358 e. The first-order valence-electron chi connectivity index (χ1n) is 4.94. The Kier molecular flexibility index (Phi) is 2.87. The van der Waals surface area contributed by atoms with Gasteiger partial charge in [-0.2, -0.15) is 0 Å². The minimum atomic E-state index is 0.459. The van der Waals surface area contributed by atoms with Crippen molar-refractivity contribution in [1.82, 2.24) is 9.97 Å². The number of hydrogen-bond acceptors (Lipinski definition) is 3. The number of nitrogens with zero attached hydrogens (tertiary/aromatic N) is 3. The maximum Gasteiger partial charge on any atom is 0.149 e. The van der Waals surface area contributed by atoms with E-state index in [1.54, 1.807) is 12.4 Å². The van der Waals surface area contributed by atoms with Crippen molar-refractivity contribution in [3.63, 3.8) is 0 Å². The second-order valence-corrected chi connectivity index (χ2v) is 4.24. The van der Waals surface area contributed by atoms with E-state index in [1.165, 1.54) is 19.3 Å².